The molecule has 0 heterocycles. The number of nitrogens with one attached hydrogen (secondary N) is 1. The van der Waals surface area contributed by atoms with Crippen LogP contribution in [0.5, 0.6) is 5.75 Å². The van der Waals surface area contributed by atoms with E-state index in [9.17, 15) is 16.8 Å². The predicted molar refractivity (Wildman–Crippen MR) is 101 cm³/mol. The van der Waals surface area contributed by atoms with Gasteiger partial charge in [0, 0.05) is 14.1 Å². The van der Waals surface area contributed by atoms with E-state index in [4.69, 9.17) is 16.3 Å². The first-order valence-electron chi connectivity index (χ1n) is 7.56. The van der Waals surface area contributed by atoms with Crippen LogP contribution in [0.4, 0.5) is 5.69 Å². The quantitative estimate of drug-likeness (QED) is 0.746. The third-order valence-electron chi connectivity index (χ3n) is 3.38. The van der Waals surface area contributed by atoms with Crippen LogP contribution in [0.2, 0.25) is 5.02 Å². The summed E-state index contributed by atoms with van der Waals surface area (Å²) in [5, 5.41) is 0.0621. The van der Waals surface area contributed by atoms with Gasteiger partial charge in [-0.05, 0) is 37.3 Å². The molecule has 2 aromatic rings. The van der Waals surface area contributed by atoms with E-state index in [0.717, 1.165) is 4.31 Å². The number of benzene rings is 2. The highest BCUT2D eigenvalue weighted by Crippen LogP contribution is 2.31. The number of anilines is 1. The molecule has 26 heavy (non-hydrogen) atoms. The van der Waals surface area contributed by atoms with Crippen LogP contribution in [0.25, 0.3) is 0 Å². The number of hydrogen-bond acceptors (Lipinski definition) is 5. The molecule has 0 radical (unpaired) electrons. The summed E-state index contributed by atoms with van der Waals surface area (Å²) in [6, 6.07) is 10.0. The van der Waals surface area contributed by atoms with Crippen molar-refractivity contribution in [3.05, 3.63) is 47.5 Å². The Hall–Kier alpha value is -1.81. The van der Waals surface area contributed by atoms with Gasteiger partial charge in [-0.2, -0.15) is 0 Å². The molecule has 0 fully saturated rings. The molecular weight excluding hydrogens is 400 g/mol. The SMILES string of the molecule is CCOc1ccc(NS(=O)(=O)c2ccccc2Cl)cc1S(=O)(=O)N(C)C. The van der Waals surface area contributed by atoms with E-state index in [0.29, 0.717) is 0 Å². The summed E-state index contributed by atoms with van der Waals surface area (Å²) in [6.07, 6.45) is 0. The van der Waals surface area contributed by atoms with E-state index in [1.807, 2.05) is 0 Å². The maximum Gasteiger partial charge on any atom is 0.263 e. The summed E-state index contributed by atoms with van der Waals surface area (Å²) in [5.74, 6) is 0.141. The second-order valence-electron chi connectivity index (χ2n) is 5.42. The molecule has 0 aliphatic rings. The molecule has 0 amide bonds. The fourth-order valence-electron chi connectivity index (χ4n) is 2.12. The minimum Gasteiger partial charge on any atom is -0.492 e. The largest absolute Gasteiger partial charge is 0.492 e. The third-order valence-corrected chi connectivity index (χ3v) is 7.10. The van der Waals surface area contributed by atoms with E-state index in [1.54, 1.807) is 19.1 Å². The molecule has 0 aromatic heterocycles. The summed E-state index contributed by atoms with van der Waals surface area (Å²) in [6.45, 7) is 1.99. The molecule has 2 aromatic carbocycles. The van der Waals surface area contributed by atoms with Crippen LogP contribution in [0.1, 0.15) is 6.92 Å². The topological polar surface area (TPSA) is 92.8 Å². The Balaban J connectivity index is 2.51. The van der Waals surface area contributed by atoms with Crippen molar-refractivity contribution in [1.82, 2.24) is 4.31 Å². The van der Waals surface area contributed by atoms with Crippen molar-refractivity contribution in [2.45, 2.75) is 16.7 Å². The molecule has 1 N–H and O–H groups in total. The molecule has 0 aliphatic heterocycles. The number of ether oxygens (including phenoxy) is 1. The van der Waals surface area contributed by atoms with E-state index in [2.05, 4.69) is 4.72 Å². The Labute approximate surface area is 158 Å². The monoisotopic (exact) mass is 418 g/mol. The highest BCUT2D eigenvalue weighted by atomic mass is 35.5. The van der Waals surface area contributed by atoms with Crippen LogP contribution in [-0.2, 0) is 20.0 Å². The normalized spacial score (nSPS) is 12.2. The van der Waals surface area contributed by atoms with Gasteiger partial charge in [0.1, 0.15) is 15.5 Å². The van der Waals surface area contributed by atoms with Gasteiger partial charge in [0.15, 0.2) is 0 Å². The van der Waals surface area contributed by atoms with Crippen molar-refractivity contribution in [2.24, 2.45) is 0 Å². The first-order chi connectivity index (χ1) is 12.1. The molecule has 10 heteroatoms. The molecule has 0 bridgehead atoms. The van der Waals surface area contributed by atoms with Gasteiger partial charge in [-0.1, -0.05) is 23.7 Å². The van der Waals surface area contributed by atoms with Gasteiger partial charge in [-0.15, -0.1) is 0 Å². The maximum absolute atomic E-state index is 12.5. The van der Waals surface area contributed by atoms with Crippen LogP contribution in [-0.4, -0.2) is 41.8 Å². The summed E-state index contributed by atoms with van der Waals surface area (Å²) >= 11 is 5.95. The van der Waals surface area contributed by atoms with Gasteiger partial charge in [0.2, 0.25) is 10.0 Å². The Morgan fingerprint density at radius 2 is 1.69 bits per heavy atom. The summed E-state index contributed by atoms with van der Waals surface area (Å²) in [5.41, 5.74) is 0.0776. The van der Waals surface area contributed by atoms with E-state index >= 15 is 0 Å². The fourth-order valence-corrected chi connectivity index (χ4v) is 4.74. The zero-order valence-corrected chi connectivity index (χ0v) is 16.8. The lowest BCUT2D eigenvalue weighted by Crippen LogP contribution is -2.23. The molecule has 0 spiro atoms. The molecule has 7 nitrogen and oxygen atoms in total. The molecule has 0 aliphatic carbocycles. The summed E-state index contributed by atoms with van der Waals surface area (Å²) in [4.78, 5) is -0.240. The first kappa shape index (κ1) is 20.5. The van der Waals surface area contributed by atoms with Crippen LogP contribution in [0.3, 0.4) is 0 Å². The van der Waals surface area contributed by atoms with Gasteiger partial charge in [0.05, 0.1) is 17.3 Å². The van der Waals surface area contributed by atoms with Gasteiger partial charge in [-0.25, -0.2) is 21.1 Å². The molecule has 2 rings (SSSR count). The number of rotatable bonds is 7. The second kappa shape index (κ2) is 7.83. The lowest BCUT2D eigenvalue weighted by Gasteiger charge is -2.17. The maximum atomic E-state index is 12.5. The Morgan fingerprint density at radius 1 is 1.04 bits per heavy atom. The van der Waals surface area contributed by atoms with Crippen molar-refractivity contribution in [3.63, 3.8) is 0 Å². The molecule has 0 saturated carbocycles. The zero-order chi connectivity index (χ0) is 19.5. The third kappa shape index (κ3) is 4.29. The van der Waals surface area contributed by atoms with Crippen LogP contribution < -0.4 is 9.46 Å². The van der Waals surface area contributed by atoms with E-state index in [1.165, 1.54) is 44.4 Å². The van der Waals surface area contributed by atoms with E-state index in [-0.39, 0.29) is 32.9 Å². The number of sulfonamides is 2. The molecule has 0 unspecified atom stereocenters. The van der Waals surface area contributed by atoms with Crippen molar-refractivity contribution in [1.29, 1.82) is 0 Å². The van der Waals surface area contributed by atoms with Gasteiger partial charge in [0.25, 0.3) is 10.0 Å². The molecular formula is C16H19ClN2O5S2. The van der Waals surface area contributed by atoms with Gasteiger partial charge in [-0.3, -0.25) is 4.72 Å². The average Bonchev–Trinajstić information content (AvgIpc) is 2.56. The first-order valence-corrected chi connectivity index (χ1v) is 10.9. The van der Waals surface area contributed by atoms with Crippen LogP contribution in [0, 0.1) is 0 Å². The lowest BCUT2D eigenvalue weighted by atomic mass is 10.3. The smallest absolute Gasteiger partial charge is 0.263 e. The summed E-state index contributed by atoms with van der Waals surface area (Å²) < 4.78 is 58.8. The van der Waals surface area contributed by atoms with Crippen LogP contribution >= 0.6 is 11.6 Å². The predicted octanol–water partition coefficient (Wildman–Crippen LogP) is 2.79. The second-order valence-corrected chi connectivity index (χ2v) is 9.60. The number of hydrogen-bond donors (Lipinski definition) is 1. The minimum absolute atomic E-state index is 0.0621. The number of halogens is 1. The molecule has 0 atom stereocenters. The number of nitrogens with zero attached hydrogens (tertiary/aromatic N) is 1. The fraction of sp³-hybridized carbons (Fsp3) is 0.250. The van der Waals surface area contributed by atoms with Crippen molar-refractivity contribution < 1.29 is 21.6 Å². The molecule has 142 valence electrons. The standard InChI is InChI=1S/C16H19ClN2O5S2/c1-4-24-14-10-9-12(11-16(14)26(22,23)19(2)3)18-25(20,21)15-8-6-5-7-13(15)17/h5-11,18H,4H2,1-3H3. The average molecular weight is 419 g/mol. The highest BCUT2D eigenvalue weighted by Gasteiger charge is 2.24. The Morgan fingerprint density at radius 3 is 2.27 bits per heavy atom. The van der Waals surface area contributed by atoms with E-state index < -0.39 is 20.0 Å². The van der Waals surface area contributed by atoms with Crippen molar-refractivity contribution >= 4 is 37.3 Å². The Bertz CT molecular complexity index is 1010. The van der Waals surface area contributed by atoms with Crippen molar-refractivity contribution in [2.75, 3.05) is 25.4 Å². The minimum atomic E-state index is -3.98. The van der Waals surface area contributed by atoms with Crippen LogP contribution in [0.15, 0.2) is 52.3 Å². The Kier molecular flexibility index (Phi) is 6.17. The van der Waals surface area contributed by atoms with Crippen molar-refractivity contribution in [3.8, 4) is 5.75 Å². The lowest BCUT2D eigenvalue weighted by molar-refractivity contribution is 0.330. The van der Waals surface area contributed by atoms with Gasteiger partial charge < -0.3 is 4.74 Å². The zero-order valence-electron chi connectivity index (χ0n) is 14.4. The summed E-state index contributed by atoms with van der Waals surface area (Å²) in [7, 11) is -5.05. The highest BCUT2D eigenvalue weighted by molar-refractivity contribution is 7.92. The van der Waals surface area contributed by atoms with Gasteiger partial charge >= 0.3 is 0 Å². The molecule has 0 saturated heterocycles.